The van der Waals surface area contributed by atoms with E-state index in [-0.39, 0.29) is 6.17 Å². The van der Waals surface area contributed by atoms with Gasteiger partial charge in [-0.1, -0.05) is 13.3 Å². The summed E-state index contributed by atoms with van der Waals surface area (Å²) in [6, 6.07) is 0. The highest BCUT2D eigenvalue weighted by atomic mass is 15.2. The minimum Gasteiger partial charge on any atom is -0.316 e. The largest absolute Gasteiger partial charge is 0.316 e. The van der Waals surface area contributed by atoms with Gasteiger partial charge in [0.2, 0.25) is 0 Å². The average molecular weight is 116 g/mol. The molecule has 2 nitrogen and oxygen atoms in total. The lowest BCUT2D eigenvalue weighted by Crippen LogP contribution is -2.35. The van der Waals surface area contributed by atoms with Crippen LogP contribution in [-0.2, 0) is 0 Å². The van der Waals surface area contributed by atoms with Crippen molar-refractivity contribution < 1.29 is 0 Å². The van der Waals surface area contributed by atoms with E-state index in [1.165, 1.54) is 6.42 Å². The predicted octanol–water partition coefficient (Wildman–Crippen LogP) is 0.633. The minimum atomic E-state index is 0.250. The third kappa shape index (κ3) is 2.99. The minimum absolute atomic E-state index is 0.250. The van der Waals surface area contributed by atoms with E-state index in [9.17, 15) is 0 Å². The van der Waals surface area contributed by atoms with Gasteiger partial charge < -0.3 is 5.73 Å². The summed E-state index contributed by atoms with van der Waals surface area (Å²) in [4.78, 5) is 2.03. The summed E-state index contributed by atoms with van der Waals surface area (Å²) in [6.07, 6.45) is 2.51. The summed E-state index contributed by atoms with van der Waals surface area (Å²) >= 11 is 0. The van der Waals surface area contributed by atoms with Crippen molar-refractivity contribution in [1.82, 2.24) is 4.90 Å². The molecule has 50 valence electrons. The van der Waals surface area contributed by atoms with Gasteiger partial charge in [-0.25, -0.2) is 0 Å². The monoisotopic (exact) mass is 116 g/mol. The van der Waals surface area contributed by atoms with E-state index >= 15 is 0 Å². The van der Waals surface area contributed by atoms with Crippen LogP contribution in [0.15, 0.2) is 0 Å². The van der Waals surface area contributed by atoms with Crippen LogP contribution in [0.1, 0.15) is 19.8 Å². The molecule has 8 heavy (non-hydrogen) atoms. The summed E-state index contributed by atoms with van der Waals surface area (Å²) in [5.41, 5.74) is 5.65. The van der Waals surface area contributed by atoms with E-state index in [1.54, 1.807) is 0 Å². The van der Waals surface area contributed by atoms with Gasteiger partial charge in [0, 0.05) is 0 Å². The van der Waals surface area contributed by atoms with E-state index in [2.05, 4.69) is 6.92 Å². The normalized spacial score (nSPS) is 14.6. The summed E-state index contributed by atoms with van der Waals surface area (Å²) < 4.78 is 0. The van der Waals surface area contributed by atoms with Crippen LogP contribution in [0.2, 0.25) is 0 Å². The first-order valence-electron chi connectivity index (χ1n) is 3.10. The van der Waals surface area contributed by atoms with Gasteiger partial charge in [0.15, 0.2) is 0 Å². The molecule has 0 saturated carbocycles. The number of hydrogen-bond acceptors (Lipinski definition) is 2. The first kappa shape index (κ1) is 7.92. The third-order valence-corrected chi connectivity index (χ3v) is 1.25. The molecule has 0 amide bonds. The zero-order valence-electron chi connectivity index (χ0n) is 6.02. The number of rotatable bonds is 3. The van der Waals surface area contributed by atoms with Gasteiger partial charge in [-0.05, 0) is 20.5 Å². The van der Waals surface area contributed by atoms with Crippen molar-refractivity contribution >= 4 is 0 Å². The Kier molecular flexibility index (Phi) is 3.83. The maximum Gasteiger partial charge on any atom is 0.0566 e. The Labute approximate surface area is 51.7 Å². The molecule has 0 aromatic heterocycles. The molecule has 0 spiro atoms. The third-order valence-electron chi connectivity index (χ3n) is 1.25. The van der Waals surface area contributed by atoms with Gasteiger partial charge >= 0.3 is 0 Å². The van der Waals surface area contributed by atoms with Crippen molar-refractivity contribution in [3.05, 3.63) is 0 Å². The molecule has 0 aliphatic rings. The highest BCUT2D eigenvalue weighted by Gasteiger charge is 2.00. The first-order valence-corrected chi connectivity index (χ1v) is 3.10. The van der Waals surface area contributed by atoms with Gasteiger partial charge in [-0.15, -0.1) is 0 Å². The standard InChI is InChI=1S/C6H16N2/c1-4-5-6(7)8(2)3/h6H,4-5,7H2,1-3H3/t6-/m1/s1. The van der Waals surface area contributed by atoms with Crippen molar-refractivity contribution in [2.24, 2.45) is 5.73 Å². The molecule has 0 aliphatic carbocycles. The SMILES string of the molecule is CCC[C@H](N)N(C)C. The first-order chi connectivity index (χ1) is 3.68. The molecule has 2 heteroatoms. The maximum atomic E-state index is 5.65. The molecule has 0 radical (unpaired) electrons. The molecule has 0 aliphatic heterocycles. The van der Waals surface area contributed by atoms with Crippen molar-refractivity contribution in [3.8, 4) is 0 Å². The van der Waals surface area contributed by atoms with E-state index in [0.717, 1.165) is 6.42 Å². The highest BCUT2D eigenvalue weighted by molar-refractivity contribution is 4.54. The van der Waals surface area contributed by atoms with Gasteiger partial charge in [0.1, 0.15) is 0 Å². The molecule has 2 N–H and O–H groups in total. The molecule has 0 heterocycles. The Hall–Kier alpha value is -0.0800. The summed E-state index contributed by atoms with van der Waals surface area (Å²) in [5.74, 6) is 0. The quantitative estimate of drug-likeness (QED) is 0.548. The van der Waals surface area contributed by atoms with Gasteiger partial charge in [0.05, 0.1) is 6.17 Å². The fourth-order valence-electron chi connectivity index (χ4n) is 0.554. The molecule has 1 atom stereocenters. The van der Waals surface area contributed by atoms with Gasteiger partial charge in [-0.2, -0.15) is 0 Å². The average Bonchev–Trinajstić information content (AvgIpc) is 1.67. The molecular formula is C6H16N2. The molecule has 0 aromatic carbocycles. The molecular weight excluding hydrogens is 100 g/mol. The van der Waals surface area contributed by atoms with Crippen LogP contribution in [-0.4, -0.2) is 25.2 Å². The van der Waals surface area contributed by atoms with Gasteiger partial charge in [-0.3, -0.25) is 4.90 Å². The van der Waals surface area contributed by atoms with E-state index in [1.807, 2.05) is 19.0 Å². The van der Waals surface area contributed by atoms with Crippen molar-refractivity contribution in [2.45, 2.75) is 25.9 Å². The number of nitrogens with zero attached hydrogens (tertiary/aromatic N) is 1. The summed E-state index contributed by atoms with van der Waals surface area (Å²) in [5, 5.41) is 0. The Morgan fingerprint density at radius 3 is 2.12 bits per heavy atom. The Balaban J connectivity index is 3.17. The van der Waals surface area contributed by atoms with Crippen LogP contribution in [0, 0.1) is 0 Å². The van der Waals surface area contributed by atoms with E-state index < -0.39 is 0 Å². The van der Waals surface area contributed by atoms with Crippen LogP contribution in [0.25, 0.3) is 0 Å². The smallest absolute Gasteiger partial charge is 0.0566 e. The zero-order chi connectivity index (χ0) is 6.57. The van der Waals surface area contributed by atoms with Crippen LogP contribution < -0.4 is 5.73 Å². The zero-order valence-corrected chi connectivity index (χ0v) is 6.02. The summed E-state index contributed by atoms with van der Waals surface area (Å²) in [7, 11) is 4.00. The van der Waals surface area contributed by atoms with Gasteiger partial charge in [0.25, 0.3) is 0 Å². The predicted molar refractivity (Wildman–Crippen MR) is 36.6 cm³/mol. The Morgan fingerprint density at radius 2 is 2.00 bits per heavy atom. The van der Waals surface area contributed by atoms with Crippen LogP contribution in [0.5, 0.6) is 0 Å². The molecule has 0 bridgehead atoms. The lowest BCUT2D eigenvalue weighted by molar-refractivity contribution is 0.284. The van der Waals surface area contributed by atoms with Crippen molar-refractivity contribution in [3.63, 3.8) is 0 Å². The van der Waals surface area contributed by atoms with Crippen molar-refractivity contribution in [1.29, 1.82) is 0 Å². The molecule has 0 aromatic rings. The lowest BCUT2D eigenvalue weighted by Gasteiger charge is -2.17. The second kappa shape index (κ2) is 3.87. The maximum absolute atomic E-state index is 5.65. The molecule has 0 rings (SSSR count). The van der Waals surface area contributed by atoms with E-state index in [4.69, 9.17) is 5.73 Å². The topological polar surface area (TPSA) is 29.3 Å². The number of nitrogens with two attached hydrogens (primary N) is 1. The van der Waals surface area contributed by atoms with Crippen LogP contribution >= 0.6 is 0 Å². The van der Waals surface area contributed by atoms with Crippen LogP contribution in [0.3, 0.4) is 0 Å². The molecule has 0 unspecified atom stereocenters. The summed E-state index contributed by atoms with van der Waals surface area (Å²) in [6.45, 7) is 2.14. The fraction of sp³-hybridized carbons (Fsp3) is 1.00. The van der Waals surface area contributed by atoms with E-state index in [0.29, 0.717) is 0 Å². The second-order valence-corrected chi connectivity index (χ2v) is 2.32. The highest BCUT2D eigenvalue weighted by Crippen LogP contribution is 1.93. The Bertz CT molecular complexity index is 52.5. The molecule has 0 saturated heterocycles. The number of hydrogen-bond donors (Lipinski definition) is 1. The second-order valence-electron chi connectivity index (χ2n) is 2.32. The fourth-order valence-corrected chi connectivity index (χ4v) is 0.554. The van der Waals surface area contributed by atoms with Crippen molar-refractivity contribution in [2.75, 3.05) is 14.1 Å². The Morgan fingerprint density at radius 1 is 1.50 bits per heavy atom. The molecule has 0 fully saturated rings. The lowest BCUT2D eigenvalue weighted by atomic mass is 10.3. The van der Waals surface area contributed by atoms with Crippen LogP contribution in [0.4, 0.5) is 0 Å².